The quantitative estimate of drug-likeness (QED) is 0.912. The number of halogens is 1. The minimum atomic E-state index is 0.278. The summed E-state index contributed by atoms with van der Waals surface area (Å²) in [6, 6.07) is 6.32. The Balaban J connectivity index is 2.21. The minimum absolute atomic E-state index is 0.278. The fourth-order valence-electron chi connectivity index (χ4n) is 2.31. The molecule has 0 saturated carbocycles. The van der Waals surface area contributed by atoms with Gasteiger partial charge in [0.15, 0.2) is 0 Å². The van der Waals surface area contributed by atoms with Crippen molar-refractivity contribution in [3.8, 4) is 0 Å². The van der Waals surface area contributed by atoms with Gasteiger partial charge in [0.2, 0.25) is 0 Å². The van der Waals surface area contributed by atoms with E-state index in [0.717, 1.165) is 23.1 Å². The van der Waals surface area contributed by atoms with E-state index in [1.54, 1.807) is 0 Å². The van der Waals surface area contributed by atoms with Gasteiger partial charge in [-0.05, 0) is 47.5 Å². The maximum absolute atomic E-state index is 5.75. The first-order chi connectivity index (χ1) is 8.10. The molecule has 0 aromatic heterocycles. The highest BCUT2D eigenvalue weighted by Gasteiger charge is 2.23. The molecule has 2 unspecified atom stereocenters. The smallest absolute Gasteiger partial charge is 0.0726 e. The van der Waals surface area contributed by atoms with E-state index in [1.165, 1.54) is 5.69 Å². The molecule has 1 saturated heterocycles. The molecule has 2 atom stereocenters. The second-order valence-electron chi connectivity index (χ2n) is 4.65. The van der Waals surface area contributed by atoms with E-state index in [9.17, 15) is 0 Å². The lowest BCUT2D eigenvalue weighted by Crippen LogP contribution is -2.45. The molecule has 0 aliphatic carbocycles. The van der Waals surface area contributed by atoms with Gasteiger partial charge < -0.3 is 15.4 Å². The number of ether oxygens (including phenoxy) is 1. The molecule has 94 valence electrons. The second-order valence-corrected chi connectivity index (χ2v) is 5.51. The molecule has 2 N–H and O–H groups in total. The minimum Gasteiger partial charge on any atom is -0.372 e. The number of nitrogens with two attached hydrogens (primary N) is 1. The van der Waals surface area contributed by atoms with Crippen LogP contribution in [0.4, 0.5) is 5.69 Å². The Hall–Kier alpha value is -0.580. The van der Waals surface area contributed by atoms with Crippen molar-refractivity contribution in [2.45, 2.75) is 32.6 Å². The molecule has 0 bridgehead atoms. The molecule has 17 heavy (non-hydrogen) atoms. The van der Waals surface area contributed by atoms with Crippen molar-refractivity contribution in [2.75, 3.05) is 18.0 Å². The van der Waals surface area contributed by atoms with Gasteiger partial charge in [0.05, 0.1) is 17.9 Å². The summed E-state index contributed by atoms with van der Waals surface area (Å²) in [5.74, 6) is 0. The Morgan fingerprint density at radius 3 is 2.53 bits per heavy atom. The molecule has 0 radical (unpaired) electrons. The van der Waals surface area contributed by atoms with Crippen LogP contribution in [0, 0.1) is 0 Å². The molecule has 1 fully saturated rings. The van der Waals surface area contributed by atoms with Crippen molar-refractivity contribution in [3.05, 3.63) is 28.2 Å². The Kier molecular flexibility index (Phi) is 4.07. The van der Waals surface area contributed by atoms with E-state index >= 15 is 0 Å². The topological polar surface area (TPSA) is 38.5 Å². The van der Waals surface area contributed by atoms with Crippen LogP contribution in [0.25, 0.3) is 0 Å². The highest BCUT2D eigenvalue weighted by molar-refractivity contribution is 9.10. The highest BCUT2D eigenvalue weighted by Crippen LogP contribution is 2.29. The van der Waals surface area contributed by atoms with Gasteiger partial charge in [-0.2, -0.15) is 0 Å². The molecule has 1 aliphatic rings. The Bertz CT molecular complexity index is 387. The van der Waals surface area contributed by atoms with Crippen LogP contribution in [0.2, 0.25) is 0 Å². The molecular weight excluding hydrogens is 280 g/mol. The molecule has 0 amide bonds. The van der Waals surface area contributed by atoms with Gasteiger partial charge in [0, 0.05) is 24.1 Å². The zero-order chi connectivity index (χ0) is 12.4. The van der Waals surface area contributed by atoms with Crippen LogP contribution in [0.3, 0.4) is 0 Å². The number of rotatable bonds is 2. The first-order valence-corrected chi connectivity index (χ1v) is 6.78. The number of nitrogens with zero attached hydrogens (tertiary/aromatic N) is 1. The summed E-state index contributed by atoms with van der Waals surface area (Å²) in [5.41, 5.74) is 8.01. The van der Waals surface area contributed by atoms with Gasteiger partial charge in [-0.1, -0.05) is 6.07 Å². The van der Waals surface area contributed by atoms with Crippen LogP contribution in [0.5, 0.6) is 0 Å². The van der Waals surface area contributed by atoms with E-state index in [0.29, 0.717) is 6.54 Å². The third kappa shape index (κ3) is 3.00. The van der Waals surface area contributed by atoms with Crippen molar-refractivity contribution in [1.29, 1.82) is 0 Å². The summed E-state index contributed by atoms with van der Waals surface area (Å²) < 4.78 is 6.86. The normalized spacial score (nSPS) is 25.1. The summed E-state index contributed by atoms with van der Waals surface area (Å²) in [5, 5.41) is 0. The van der Waals surface area contributed by atoms with Crippen LogP contribution in [0.15, 0.2) is 22.7 Å². The van der Waals surface area contributed by atoms with Crippen LogP contribution in [-0.4, -0.2) is 25.3 Å². The lowest BCUT2D eigenvalue weighted by atomic mass is 10.1. The van der Waals surface area contributed by atoms with E-state index in [1.807, 2.05) is 0 Å². The fourth-order valence-corrected chi connectivity index (χ4v) is 2.99. The van der Waals surface area contributed by atoms with Crippen molar-refractivity contribution in [1.82, 2.24) is 0 Å². The number of hydrogen-bond donors (Lipinski definition) is 1. The molecule has 2 rings (SSSR count). The molecule has 4 heteroatoms. The van der Waals surface area contributed by atoms with Gasteiger partial charge in [-0.15, -0.1) is 0 Å². The maximum atomic E-state index is 5.75. The average molecular weight is 299 g/mol. The Morgan fingerprint density at radius 2 is 2.00 bits per heavy atom. The molecule has 0 spiro atoms. The zero-order valence-corrected chi connectivity index (χ0v) is 11.9. The van der Waals surface area contributed by atoms with Crippen LogP contribution < -0.4 is 10.6 Å². The van der Waals surface area contributed by atoms with E-state index in [4.69, 9.17) is 10.5 Å². The van der Waals surface area contributed by atoms with E-state index in [-0.39, 0.29) is 12.2 Å². The first-order valence-electron chi connectivity index (χ1n) is 5.99. The number of anilines is 1. The average Bonchev–Trinajstić information content (AvgIpc) is 2.27. The summed E-state index contributed by atoms with van der Waals surface area (Å²) >= 11 is 3.63. The van der Waals surface area contributed by atoms with Crippen LogP contribution in [-0.2, 0) is 11.3 Å². The van der Waals surface area contributed by atoms with Gasteiger partial charge >= 0.3 is 0 Å². The highest BCUT2D eigenvalue weighted by atomic mass is 79.9. The van der Waals surface area contributed by atoms with Gasteiger partial charge in [-0.3, -0.25) is 0 Å². The second kappa shape index (κ2) is 5.38. The number of hydrogen-bond acceptors (Lipinski definition) is 3. The third-order valence-electron chi connectivity index (χ3n) is 3.01. The molecular formula is C13H19BrN2O. The Morgan fingerprint density at radius 1 is 1.35 bits per heavy atom. The molecule has 1 heterocycles. The summed E-state index contributed by atoms with van der Waals surface area (Å²) in [7, 11) is 0. The number of morpholine rings is 1. The largest absolute Gasteiger partial charge is 0.372 e. The molecule has 1 aromatic carbocycles. The zero-order valence-electron chi connectivity index (χ0n) is 10.3. The molecule has 1 aliphatic heterocycles. The first kappa shape index (κ1) is 12.9. The standard InChI is InChI=1S/C13H19BrN2O/c1-9-7-16(8-10(2)17-9)13-4-3-11(6-15)5-12(13)14/h3-5,9-10H,6-8,15H2,1-2H3. The number of benzene rings is 1. The third-order valence-corrected chi connectivity index (χ3v) is 3.64. The maximum Gasteiger partial charge on any atom is 0.0726 e. The van der Waals surface area contributed by atoms with Crippen LogP contribution >= 0.6 is 15.9 Å². The van der Waals surface area contributed by atoms with E-state index in [2.05, 4.69) is 52.9 Å². The molecule has 3 nitrogen and oxygen atoms in total. The van der Waals surface area contributed by atoms with Crippen molar-refractivity contribution >= 4 is 21.6 Å². The predicted molar refractivity (Wildman–Crippen MR) is 74.3 cm³/mol. The van der Waals surface area contributed by atoms with E-state index < -0.39 is 0 Å². The monoisotopic (exact) mass is 298 g/mol. The summed E-state index contributed by atoms with van der Waals surface area (Å²) in [6.07, 6.45) is 0.555. The van der Waals surface area contributed by atoms with Crippen molar-refractivity contribution in [3.63, 3.8) is 0 Å². The lowest BCUT2D eigenvalue weighted by Gasteiger charge is -2.37. The van der Waals surface area contributed by atoms with Gasteiger partial charge in [0.25, 0.3) is 0 Å². The van der Waals surface area contributed by atoms with Gasteiger partial charge in [-0.25, -0.2) is 0 Å². The Labute approximate surface area is 111 Å². The fraction of sp³-hybridized carbons (Fsp3) is 0.538. The predicted octanol–water partition coefficient (Wildman–Crippen LogP) is 2.52. The van der Waals surface area contributed by atoms with Crippen LogP contribution in [0.1, 0.15) is 19.4 Å². The van der Waals surface area contributed by atoms with Gasteiger partial charge in [0.1, 0.15) is 0 Å². The van der Waals surface area contributed by atoms with Crippen molar-refractivity contribution < 1.29 is 4.74 Å². The lowest BCUT2D eigenvalue weighted by molar-refractivity contribution is -0.00525. The SMILES string of the molecule is CC1CN(c2ccc(CN)cc2Br)CC(C)O1. The van der Waals surface area contributed by atoms with Crippen molar-refractivity contribution in [2.24, 2.45) is 5.73 Å². The molecule has 1 aromatic rings. The summed E-state index contributed by atoms with van der Waals surface area (Å²) in [6.45, 7) is 6.68. The summed E-state index contributed by atoms with van der Waals surface area (Å²) in [4.78, 5) is 2.36.